The maximum Gasteiger partial charge on any atom is 2.00 e. The normalized spacial score (nSPS) is 12.6. The molecule has 8 aromatic rings. The predicted octanol–water partition coefficient (Wildman–Crippen LogP) is 8.04. The minimum atomic E-state index is -0.751. The van der Waals surface area contributed by atoms with E-state index in [1.54, 1.807) is 66.7 Å². The number of aliphatic hydroxyl groups excluding tert-OH is 1. The third kappa shape index (κ3) is 15.8. The SMILES string of the molecule is C.C.C.O=Cc1ccc2c(c1)OCO2.OC(c1ccc2c(c1)OCO2)c1ccc2c(c1)OCO2.Oc1ccc(Cc2ccc(O)c(O)c2)cc1O.[Br-].[Mg+2].[c-]1ccc2c(c1)OCO2.c1cc2c(cc1Cc1ccc3c(c1)OCO3)OCO2. The van der Waals surface area contributed by atoms with Gasteiger partial charge in [0.2, 0.25) is 40.8 Å². The van der Waals surface area contributed by atoms with Crippen LogP contribution in [0.4, 0.5) is 0 Å². The quantitative estimate of drug-likeness (QED) is 0.0440. The van der Waals surface area contributed by atoms with Gasteiger partial charge in [-0.15, -0.1) is 12.1 Å². The van der Waals surface area contributed by atoms with Gasteiger partial charge in [-0.05, 0) is 137 Å². The number of aromatic hydroxyl groups is 4. The molecule has 6 aliphatic heterocycles. The number of aliphatic hydroxyl groups is 1. The molecule has 420 valence electrons. The first kappa shape index (κ1) is 63.3. The van der Waals surface area contributed by atoms with Gasteiger partial charge in [0.1, 0.15) is 12.4 Å². The Bertz CT molecular complexity index is 3190. The van der Waals surface area contributed by atoms with Crippen molar-refractivity contribution in [3.8, 4) is 92.0 Å². The number of aldehydes is 1. The number of ether oxygens (including phenoxy) is 12. The zero-order chi connectivity index (χ0) is 52.4. The number of hydrogen-bond donors (Lipinski definition) is 5. The van der Waals surface area contributed by atoms with E-state index in [-0.39, 0.29) is 106 Å². The van der Waals surface area contributed by atoms with Gasteiger partial charge in [-0.2, -0.15) is 12.1 Å². The molecule has 18 nitrogen and oxygen atoms in total. The maximum atomic E-state index is 10.5. The first-order valence-electron chi connectivity index (χ1n) is 23.5. The summed E-state index contributed by atoms with van der Waals surface area (Å²) >= 11 is 0. The summed E-state index contributed by atoms with van der Waals surface area (Å²) < 4.78 is 62.8. The molecule has 0 saturated carbocycles. The molecule has 5 N–H and O–H groups in total. The third-order valence-corrected chi connectivity index (χ3v) is 11.9. The largest absolute Gasteiger partial charge is 2.00 e. The number of halogens is 1. The molecule has 0 fully saturated rings. The van der Waals surface area contributed by atoms with E-state index in [1.807, 2.05) is 42.5 Å². The van der Waals surface area contributed by atoms with Gasteiger partial charge in [-0.25, -0.2) is 0 Å². The van der Waals surface area contributed by atoms with Crippen LogP contribution in [0, 0.1) is 6.07 Å². The van der Waals surface area contributed by atoms with Gasteiger partial charge >= 0.3 is 23.1 Å². The number of carbonyl (C=O) groups is 1. The van der Waals surface area contributed by atoms with E-state index in [0.717, 1.165) is 69.5 Å². The molecule has 6 heterocycles. The van der Waals surface area contributed by atoms with Crippen molar-refractivity contribution >= 4 is 29.3 Å². The zero-order valence-electron chi connectivity index (χ0n) is 41.3. The average Bonchev–Trinajstić information content (AvgIpc) is 4.33. The standard InChI is InChI=1S/C15H12O5.C15H12O4.C13H12O4.C8H6O3.C7H5O2.3CH4.BrH.Mg/c16-15(9-1-3-11-13(5-9)19-7-17-11)10-2-4-12-14(6-10)20-8-18-12;1-3-12-14(18-8-16-12)6-10(1)5-11-2-4-13-15(7-11)19-9-17-13;14-10-3-1-8(6-12(10)16)5-9-2-4-11(15)13(17)7-9;9-4-6-1-2-7-8(3-6)11-5-10-7;1-2-4-7-6(3-1)8-5-9-7;;;;;/h1-6,15-16H,7-8H2;1-4,6-7H,5,8-9H2;1-4,6-7,14-17H,5H2;1-4H,5H2;1,3-4H,5H2;3*1H4;1H;/q;;;;-1;;;;;+2/p-1. The minimum Gasteiger partial charge on any atom is -1.00 e. The molecule has 8 aromatic carbocycles. The smallest absolute Gasteiger partial charge is 1.00 e. The summed E-state index contributed by atoms with van der Waals surface area (Å²) in [6.07, 6.45) is 1.34. The van der Waals surface area contributed by atoms with E-state index in [4.69, 9.17) is 67.1 Å². The second-order valence-electron chi connectivity index (χ2n) is 17.0. The number of phenols is 4. The summed E-state index contributed by atoms with van der Waals surface area (Å²) in [4.78, 5) is 10.3. The Morgan fingerprint density at radius 3 is 1.10 bits per heavy atom. The number of phenolic OH excluding ortho intramolecular Hbond substituents is 4. The summed E-state index contributed by atoms with van der Waals surface area (Å²) in [5, 5.41) is 47.5. The molecule has 0 aliphatic carbocycles. The van der Waals surface area contributed by atoms with E-state index in [0.29, 0.717) is 66.9 Å². The number of carbonyl (C=O) groups excluding carboxylic acids is 1. The maximum absolute atomic E-state index is 10.5. The number of benzene rings is 8. The third-order valence-electron chi connectivity index (χ3n) is 11.9. The van der Waals surface area contributed by atoms with Crippen molar-refractivity contribution in [1.29, 1.82) is 0 Å². The van der Waals surface area contributed by atoms with Gasteiger partial charge in [-0.3, -0.25) is 4.79 Å². The van der Waals surface area contributed by atoms with Gasteiger partial charge < -0.3 is 99.4 Å². The van der Waals surface area contributed by atoms with Crippen LogP contribution in [0.5, 0.6) is 92.0 Å². The molecule has 20 heteroatoms. The van der Waals surface area contributed by atoms with Gasteiger partial charge in [0.25, 0.3) is 0 Å². The average molecular weight is 1180 g/mol. The van der Waals surface area contributed by atoms with Crippen molar-refractivity contribution in [3.63, 3.8) is 0 Å². The summed E-state index contributed by atoms with van der Waals surface area (Å²) in [5.74, 6) is 8.25. The molecule has 0 atom stereocenters. The molecule has 0 aromatic heterocycles. The number of fused-ring (bicyclic) bond motifs is 6. The van der Waals surface area contributed by atoms with Crippen molar-refractivity contribution in [2.75, 3.05) is 40.8 Å². The first-order chi connectivity index (χ1) is 37.1. The second kappa shape index (κ2) is 29.6. The number of rotatable bonds is 7. The van der Waals surface area contributed by atoms with Gasteiger partial charge in [0.15, 0.2) is 80.5 Å². The topological polar surface area (TPSA) is 229 Å². The second-order valence-corrected chi connectivity index (χ2v) is 17.0. The van der Waals surface area contributed by atoms with E-state index < -0.39 is 6.10 Å². The minimum absolute atomic E-state index is 0. The number of hydrogen-bond acceptors (Lipinski definition) is 18. The van der Waals surface area contributed by atoms with Crippen LogP contribution in [0.15, 0.2) is 146 Å². The first-order valence-corrected chi connectivity index (χ1v) is 23.5. The molecule has 0 bridgehead atoms. The van der Waals surface area contributed by atoms with E-state index >= 15 is 0 Å². The van der Waals surface area contributed by atoms with E-state index in [2.05, 4.69) is 18.2 Å². The van der Waals surface area contributed by atoms with E-state index in [1.165, 1.54) is 35.4 Å². The van der Waals surface area contributed by atoms with Crippen molar-refractivity contribution in [2.24, 2.45) is 0 Å². The molecule has 0 amide bonds. The Kier molecular flexibility index (Phi) is 23.1. The predicted molar refractivity (Wildman–Crippen MR) is 295 cm³/mol. The van der Waals surface area contributed by atoms with Crippen molar-refractivity contribution in [3.05, 3.63) is 191 Å². The molecule has 0 saturated heterocycles. The molecular formula is C61H59BrMgO18. The van der Waals surface area contributed by atoms with Gasteiger partial charge in [0, 0.05) is 5.56 Å². The van der Waals surface area contributed by atoms with Crippen LogP contribution in [0.3, 0.4) is 0 Å². The van der Waals surface area contributed by atoms with Crippen LogP contribution in [0.1, 0.15) is 72.1 Å². The Morgan fingerprint density at radius 1 is 0.383 bits per heavy atom. The molecule has 14 rings (SSSR count). The van der Waals surface area contributed by atoms with Crippen molar-refractivity contribution in [1.82, 2.24) is 0 Å². The monoisotopic (exact) mass is 1180 g/mol. The summed E-state index contributed by atoms with van der Waals surface area (Å²) in [6, 6.07) is 45.3. The van der Waals surface area contributed by atoms with Gasteiger partial charge in [-0.1, -0.05) is 58.7 Å². The van der Waals surface area contributed by atoms with Crippen LogP contribution >= 0.6 is 0 Å². The molecular weight excluding hydrogens is 1120 g/mol. The van der Waals surface area contributed by atoms with Crippen LogP contribution in [-0.4, -0.2) is 95.6 Å². The van der Waals surface area contributed by atoms with Crippen LogP contribution in [0.25, 0.3) is 0 Å². The van der Waals surface area contributed by atoms with E-state index in [9.17, 15) is 20.1 Å². The fourth-order valence-electron chi connectivity index (χ4n) is 8.07. The Hall–Kier alpha value is -8.56. The molecule has 0 radical (unpaired) electrons. The van der Waals surface area contributed by atoms with Crippen LogP contribution < -0.4 is 73.8 Å². The van der Waals surface area contributed by atoms with Crippen molar-refractivity contribution in [2.45, 2.75) is 41.2 Å². The Labute approximate surface area is 495 Å². The molecule has 0 spiro atoms. The Balaban J connectivity index is 0.000000187. The van der Waals surface area contributed by atoms with Gasteiger partial charge in [0.05, 0.1) is 11.5 Å². The molecule has 6 aliphatic rings. The summed E-state index contributed by atoms with van der Waals surface area (Å²) in [7, 11) is 0. The fraction of sp³-hybridized carbons (Fsp3) is 0.197. The Morgan fingerprint density at radius 2 is 0.704 bits per heavy atom. The molecule has 0 unspecified atom stereocenters. The fourth-order valence-corrected chi connectivity index (χ4v) is 8.07. The van der Waals surface area contributed by atoms with Crippen molar-refractivity contribution < 1.29 is 104 Å². The van der Waals surface area contributed by atoms with Crippen LogP contribution in [0.2, 0.25) is 0 Å². The zero-order valence-corrected chi connectivity index (χ0v) is 44.3. The molecule has 81 heavy (non-hydrogen) atoms. The van der Waals surface area contributed by atoms with Crippen LogP contribution in [-0.2, 0) is 12.8 Å². The summed E-state index contributed by atoms with van der Waals surface area (Å²) in [5.41, 5.74) is 6.05. The summed E-state index contributed by atoms with van der Waals surface area (Å²) in [6.45, 7) is 1.65.